The van der Waals surface area contributed by atoms with Crippen molar-refractivity contribution in [1.29, 1.82) is 0 Å². The largest absolute Gasteiger partial charge is 0.325 e. The quantitative estimate of drug-likeness (QED) is 0.877. The number of hydrogen-bond acceptors (Lipinski definition) is 1. The fourth-order valence-electron chi connectivity index (χ4n) is 3.22. The summed E-state index contributed by atoms with van der Waals surface area (Å²) >= 11 is 0. The molecule has 1 aliphatic heterocycles. The van der Waals surface area contributed by atoms with E-state index in [0.717, 1.165) is 43.6 Å². The minimum Gasteiger partial charge on any atom is -0.325 e. The lowest BCUT2D eigenvalue weighted by atomic mass is 9.90. The molecule has 0 aromatic heterocycles. The van der Waals surface area contributed by atoms with Gasteiger partial charge in [0, 0.05) is 18.8 Å². The molecule has 0 saturated carbocycles. The fraction of sp³-hybridized carbons (Fsp3) is 0.350. The number of piperidine rings is 1. The summed E-state index contributed by atoms with van der Waals surface area (Å²) in [6.07, 6.45) is 2.92. The molecule has 0 unspecified atom stereocenters. The maximum absolute atomic E-state index is 13.0. The van der Waals surface area contributed by atoms with Crippen LogP contribution in [0.5, 0.6) is 0 Å². The number of amides is 2. The number of halogens is 1. The lowest BCUT2D eigenvalue weighted by Gasteiger charge is -2.32. The number of hydrogen-bond donors (Lipinski definition) is 1. The zero-order valence-electron chi connectivity index (χ0n) is 14.0. The van der Waals surface area contributed by atoms with Gasteiger partial charge in [-0.25, -0.2) is 9.18 Å². The molecular weight excluding hydrogens is 303 g/mol. The minimum absolute atomic E-state index is 0.0270. The van der Waals surface area contributed by atoms with Crippen LogP contribution in [0.15, 0.2) is 48.5 Å². The number of nitrogens with zero attached hydrogens (tertiary/aromatic N) is 1. The Morgan fingerprint density at radius 3 is 2.54 bits per heavy atom. The van der Waals surface area contributed by atoms with Crippen LogP contribution in [0.1, 0.15) is 24.0 Å². The third-order valence-electron chi connectivity index (χ3n) is 4.61. The summed E-state index contributed by atoms with van der Waals surface area (Å²) in [4.78, 5) is 14.2. The average Bonchev–Trinajstić information content (AvgIpc) is 2.57. The molecule has 1 fully saturated rings. The third-order valence-corrected chi connectivity index (χ3v) is 4.61. The number of rotatable bonds is 3. The van der Waals surface area contributed by atoms with Gasteiger partial charge in [0.25, 0.3) is 0 Å². The number of aryl methyl sites for hydroxylation is 1. The van der Waals surface area contributed by atoms with Crippen LogP contribution >= 0.6 is 0 Å². The molecule has 126 valence electrons. The Hall–Kier alpha value is -2.36. The zero-order chi connectivity index (χ0) is 16.9. The van der Waals surface area contributed by atoms with E-state index in [0.29, 0.717) is 5.92 Å². The lowest BCUT2D eigenvalue weighted by Crippen LogP contribution is -2.41. The summed E-state index contributed by atoms with van der Waals surface area (Å²) in [7, 11) is 0. The Kier molecular flexibility index (Phi) is 5.14. The van der Waals surface area contributed by atoms with E-state index in [2.05, 4.69) is 5.32 Å². The van der Waals surface area contributed by atoms with Crippen LogP contribution in [0.2, 0.25) is 0 Å². The van der Waals surface area contributed by atoms with E-state index < -0.39 is 0 Å². The highest BCUT2D eigenvalue weighted by atomic mass is 19.1. The van der Waals surface area contributed by atoms with Crippen LogP contribution in [0.4, 0.5) is 14.9 Å². The summed E-state index contributed by atoms with van der Waals surface area (Å²) < 4.78 is 13.0. The standard InChI is InChI=1S/C20H23FN2O/c1-15-3-2-4-19(13-15)22-20(24)23-11-9-17(10-12-23)14-16-5-7-18(21)8-6-16/h2-8,13,17H,9-12,14H2,1H3,(H,22,24). The minimum atomic E-state index is -0.193. The Balaban J connectivity index is 1.49. The summed E-state index contributed by atoms with van der Waals surface area (Å²) in [5, 5.41) is 2.97. The van der Waals surface area contributed by atoms with E-state index >= 15 is 0 Å². The van der Waals surface area contributed by atoms with Gasteiger partial charge in [-0.1, -0.05) is 24.3 Å². The van der Waals surface area contributed by atoms with Crippen LogP contribution in [-0.4, -0.2) is 24.0 Å². The third kappa shape index (κ3) is 4.34. The van der Waals surface area contributed by atoms with E-state index in [4.69, 9.17) is 0 Å². The van der Waals surface area contributed by atoms with Crippen LogP contribution in [0, 0.1) is 18.7 Å². The molecule has 2 aromatic rings. The van der Waals surface area contributed by atoms with Gasteiger partial charge in [0.2, 0.25) is 0 Å². The van der Waals surface area contributed by atoms with Crippen molar-refractivity contribution in [2.75, 3.05) is 18.4 Å². The van der Waals surface area contributed by atoms with Crippen LogP contribution in [0.3, 0.4) is 0 Å². The second-order valence-corrected chi connectivity index (χ2v) is 6.56. The first kappa shape index (κ1) is 16.5. The number of nitrogens with one attached hydrogen (secondary N) is 1. The molecule has 0 bridgehead atoms. The number of carbonyl (C=O) groups is 1. The predicted octanol–water partition coefficient (Wildman–Crippen LogP) is 4.62. The van der Waals surface area contributed by atoms with E-state index in [1.807, 2.05) is 48.2 Å². The number of carbonyl (C=O) groups excluding carboxylic acids is 1. The Morgan fingerprint density at radius 1 is 1.17 bits per heavy atom. The highest BCUT2D eigenvalue weighted by molar-refractivity contribution is 5.89. The van der Waals surface area contributed by atoms with Gasteiger partial charge in [0.05, 0.1) is 0 Å². The van der Waals surface area contributed by atoms with Crippen molar-refractivity contribution >= 4 is 11.7 Å². The van der Waals surface area contributed by atoms with Crippen LogP contribution in [-0.2, 0) is 6.42 Å². The Bertz CT molecular complexity index is 691. The molecule has 1 saturated heterocycles. The highest BCUT2D eigenvalue weighted by Gasteiger charge is 2.23. The molecule has 0 aliphatic carbocycles. The van der Waals surface area contributed by atoms with Gasteiger partial charge in [-0.05, 0) is 67.5 Å². The van der Waals surface area contributed by atoms with E-state index in [-0.39, 0.29) is 11.8 Å². The van der Waals surface area contributed by atoms with Crippen molar-refractivity contribution in [2.24, 2.45) is 5.92 Å². The highest BCUT2D eigenvalue weighted by Crippen LogP contribution is 2.22. The number of urea groups is 1. The average molecular weight is 326 g/mol. The van der Waals surface area contributed by atoms with Crippen LogP contribution < -0.4 is 5.32 Å². The smallest absolute Gasteiger partial charge is 0.321 e. The van der Waals surface area contributed by atoms with Gasteiger partial charge in [0.15, 0.2) is 0 Å². The predicted molar refractivity (Wildman–Crippen MR) is 94.6 cm³/mol. The first-order valence-electron chi connectivity index (χ1n) is 8.47. The number of anilines is 1. The molecular formula is C20H23FN2O. The van der Waals surface area contributed by atoms with Gasteiger partial charge in [0.1, 0.15) is 5.82 Å². The molecule has 0 atom stereocenters. The molecule has 2 amide bonds. The second-order valence-electron chi connectivity index (χ2n) is 6.56. The molecule has 1 aliphatic rings. The molecule has 4 heteroatoms. The van der Waals surface area contributed by atoms with Crippen molar-refractivity contribution < 1.29 is 9.18 Å². The second kappa shape index (κ2) is 7.47. The molecule has 3 rings (SSSR count). The van der Waals surface area contributed by atoms with E-state index in [1.165, 1.54) is 17.7 Å². The van der Waals surface area contributed by atoms with Crippen molar-refractivity contribution in [3.05, 3.63) is 65.5 Å². The van der Waals surface area contributed by atoms with Crippen molar-refractivity contribution in [2.45, 2.75) is 26.2 Å². The van der Waals surface area contributed by atoms with Crippen molar-refractivity contribution in [3.8, 4) is 0 Å². The van der Waals surface area contributed by atoms with Gasteiger partial charge in [-0.2, -0.15) is 0 Å². The molecule has 1 heterocycles. The molecule has 1 N–H and O–H groups in total. The maximum Gasteiger partial charge on any atom is 0.321 e. The molecule has 2 aromatic carbocycles. The van der Waals surface area contributed by atoms with Gasteiger partial charge < -0.3 is 10.2 Å². The molecule has 0 spiro atoms. The monoisotopic (exact) mass is 326 g/mol. The first-order chi connectivity index (χ1) is 11.6. The molecule has 3 nitrogen and oxygen atoms in total. The summed E-state index contributed by atoms with van der Waals surface area (Å²) in [6.45, 7) is 3.55. The van der Waals surface area contributed by atoms with Gasteiger partial charge in [-0.3, -0.25) is 0 Å². The normalized spacial score (nSPS) is 15.3. The van der Waals surface area contributed by atoms with Crippen molar-refractivity contribution in [1.82, 2.24) is 4.90 Å². The van der Waals surface area contributed by atoms with Crippen molar-refractivity contribution in [3.63, 3.8) is 0 Å². The van der Waals surface area contributed by atoms with E-state index in [1.54, 1.807) is 0 Å². The summed E-state index contributed by atoms with van der Waals surface area (Å²) in [5.41, 5.74) is 3.14. The lowest BCUT2D eigenvalue weighted by molar-refractivity contribution is 0.182. The Morgan fingerprint density at radius 2 is 1.88 bits per heavy atom. The number of benzene rings is 2. The summed E-state index contributed by atoms with van der Waals surface area (Å²) in [6, 6.07) is 14.5. The number of likely N-dealkylation sites (tertiary alicyclic amines) is 1. The maximum atomic E-state index is 13.0. The topological polar surface area (TPSA) is 32.3 Å². The van der Waals surface area contributed by atoms with Gasteiger partial charge in [-0.15, -0.1) is 0 Å². The summed E-state index contributed by atoms with van der Waals surface area (Å²) in [5.74, 6) is 0.361. The fourth-order valence-corrected chi connectivity index (χ4v) is 3.22. The Labute approximate surface area is 142 Å². The van der Waals surface area contributed by atoms with Crippen LogP contribution in [0.25, 0.3) is 0 Å². The van der Waals surface area contributed by atoms with E-state index in [9.17, 15) is 9.18 Å². The van der Waals surface area contributed by atoms with Gasteiger partial charge >= 0.3 is 6.03 Å². The molecule has 24 heavy (non-hydrogen) atoms. The first-order valence-corrected chi connectivity index (χ1v) is 8.47. The molecule has 0 radical (unpaired) electrons. The SMILES string of the molecule is Cc1cccc(NC(=O)N2CCC(Cc3ccc(F)cc3)CC2)c1. The zero-order valence-corrected chi connectivity index (χ0v) is 14.0.